The van der Waals surface area contributed by atoms with E-state index in [-0.39, 0.29) is 5.91 Å². The molecule has 0 aliphatic carbocycles. The van der Waals surface area contributed by atoms with Gasteiger partial charge in [-0.05, 0) is 66.6 Å². The average molecular weight is 557 g/mol. The summed E-state index contributed by atoms with van der Waals surface area (Å²) in [5.41, 5.74) is 3.71. The standard InChI is InChI=1S/C26H20Cl3N5OS/c1-15-22(24(35)31-21-10-8-18(27)9-11-21)23(17-5-3-7-20(29)13-17)34-25(30-15)32-26(33-34)36-14-16-4-2-6-19(28)12-16/h2-13,23H,14H2,1H3,(H,31,35)(H,30,32,33)/t23-/m1/s1. The number of benzene rings is 3. The molecule has 0 saturated heterocycles. The Morgan fingerprint density at radius 2 is 1.72 bits per heavy atom. The van der Waals surface area contributed by atoms with E-state index < -0.39 is 6.04 Å². The highest BCUT2D eigenvalue weighted by Crippen LogP contribution is 2.37. The summed E-state index contributed by atoms with van der Waals surface area (Å²) < 4.78 is 1.73. The number of aromatic nitrogens is 3. The fraction of sp³-hybridized carbons (Fsp3) is 0.115. The Hall–Kier alpha value is -2.97. The summed E-state index contributed by atoms with van der Waals surface area (Å²) in [7, 11) is 0. The smallest absolute Gasteiger partial charge is 0.255 e. The molecule has 0 spiro atoms. The lowest BCUT2D eigenvalue weighted by atomic mass is 9.95. The molecule has 2 N–H and O–H groups in total. The minimum absolute atomic E-state index is 0.262. The van der Waals surface area contributed by atoms with Crippen molar-refractivity contribution in [3.63, 3.8) is 0 Å². The van der Waals surface area contributed by atoms with Crippen molar-refractivity contribution in [1.82, 2.24) is 14.8 Å². The van der Waals surface area contributed by atoms with E-state index in [0.29, 0.717) is 48.9 Å². The van der Waals surface area contributed by atoms with Gasteiger partial charge in [0.1, 0.15) is 6.04 Å². The number of fused-ring (bicyclic) bond motifs is 1. The lowest BCUT2D eigenvalue weighted by Gasteiger charge is -2.28. The van der Waals surface area contributed by atoms with Gasteiger partial charge in [0.2, 0.25) is 11.1 Å². The van der Waals surface area contributed by atoms with E-state index in [0.717, 1.165) is 11.1 Å². The number of carbonyl (C=O) groups excluding carboxylic acids is 1. The zero-order valence-electron chi connectivity index (χ0n) is 19.0. The Morgan fingerprint density at radius 3 is 2.44 bits per heavy atom. The summed E-state index contributed by atoms with van der Waals surface area (Å²) in [4.78, 5) is 18.2. The first kappa shape index (κ1) is 24.7. The molecule has 0 unspecified atom stereocenters. The Morgan fingerprint density at radius 1 is 1.00 bits per heavy atom. The monoisotopic (exact) mass is 555 g/mol. The molecule has 182 valence electrons. The van der Waals surface area contributed by atoms with Crippen molar-refractivity contribution < 1.29 is 4.79 Å². The fourth-order valence-corrected chi connectivity index (χ4v) is 5.29. The van der Waals surface area contributed by atoms with Crippen molar-refractivity contribution in [2.45, 2.75) is 23.9 Å². The number of hydrogen-bond donors (Lipinski definition) is 2. The molecule has 0 saturated carbocycles. The van der Waals surface area contributed by atoms with E-state index >= 15 is 0 Å². The van der Waals surface area contributed by atoms with E-state index in [1.807, 2.05) is 49.4 Å². The SMILES string of the molecule is CC1=C(C(=O)Nc2ccc(Cl)cc2)[C@@H](c2cccc(Cl)c2)n2nc(SCc3cccc(Cl)c3)nc2N1. The number of halogens is 3. The first-order chi connectivity index (χ1) is 17.4. The number of nitrogens with zero attached hydrogens (tertiary/aromatic N) is 3. The predicted molar refractivity (Wildman–Crippen MR) is 147 cm³/mol. The zero-order valence-corrected chi connectivity index (χ0v) is 22.1. The third-order valence-electron chi connectivity index (χ3n) is 5.60. The molecule has 0 radical (unpaired) electrons. The van der Waals surface area contributed by atoms with Crippen LogP contribution in [0.4, 0.5) is 11.6 Å². The summed E-state index contributed by atoms with van der Waals surface area (Å²) in [5.74, 6) is 0.943. The molecule has 4 aromatic rings. The molecule has 0 bridgehead atoms. The highest BCUT2D eigenvalue weighted by atomic mass is 35.5. The van der Waals surface area contributed by atoms with Crippen LogP contribution in [0, 0.1) is 0 Å². The molecule has 1 atom stereocenters. The van der Waals surface area contributed by atoms with Crippen molar-refractivity contribution >= 4 is 64.1 Å². The Kier molecular flexibility index (Phi) is 7.25. The minimum atomic E-state index is -0.528. The van der Waals surface area contributed by atoms with Crippen LogP contribution in [0.15, 0.2) is 89.2 Å². The predicted octanol–water partition coefficient (Wildman–Crippen LogP) is 7.46. The van der Waals surface area contributed by atoms with E-state index in [1.165, 1.54) is 11.8 Å². The molecule has 0 fully saturated rings. The molecule has 1 aliphatic heterocycles. The normalized spacial score (nSPS) is 14.8. The van der Waals surface area contributed by atoms with Crippen LogP contribution in [-0.4, -0.2) is 20.7 Å². The maximum atomic E-state index is 13.5. The van der Waals surface area contributed by atoms with Crippen LogP contribution in [0.25, 0.3) is 0 Å². The first-order valence-corrected chi connectivity index (χ1v) is 13.1. The molecule has 36 heavy (non-hydrogen) atoms. The molecule has 5 rings (SSSR count). The lowest BCUT2D eigenvalue weighted by Crippen LogP contribution is -2.31. The van der Waals surface area contributed by atoms with Gasteiger partial charge in [-0.25, -0.2) is 4.68 Å². The van der Waals surface area contributed by atoms with Crippen LogP contribution in [-0.2, 0) is 10.5 Å². The van der Waals surface area contributed by atoms with E-state index in [4.69, 9.17) is 39.9 Å². The van der Waals surface area contributed by atoms with Crippen LogP contribution in [0.1, 0.15) is 24.1 Å². The Bertz CT molecular complexity index is 1470. The maximum absolute atomic E-state index is 13.5. The molecule has 1 aromatic heterocycles. The van der Waals surface area contributed by atoms with E-state index in [1.54, 1.807) is 35.0 Å². The number of thioether (sulfide) groups is 1. The quantitative estimate of drug-likeness (QED) is 0.241. The highest BCUT2D eigenvalue weighted by molar-refractivity contribution is 7.98. The lowest BCUT2D eigenvalue weighted by molar-refractivity contribution is -0.113. The van der Waals surface area contributed by atoms with Gasteiger partial charge in [0.25, 0.3) is 5.91 Å². The zero-order chi connectivity index (χ0) is 25.2. The fourth-order valence-electron chi connectivity index (χ4n) is 3.98. The molecular weight excluding hydrogens is 537 g/mol. The molecule has 6 nitrogen and oxygen atoms in total. The molecule has 1 aliphatic rings. The molecule has 10 heteroatoms. The van der Waals surface area contributed by atoms with Crippen LogP contribution in [0.5, 0.6) is 0 Å². The van der Waals surface area contributed by atoms with Gasteiger partial charge in [0.15, 0.2) is 0 Å². The van der Waals surface area contributed by atoms with Crippen molar-refractivity contribution in [3.8, 4) is 0 Å². The second-order valence-corrected chi connectivity index (χ2v) is 10.4. The largest absolute Gasteiger partial charge is 0.328 e. The van der Waals surface area contributed by atoms with Gasteiger partial charge in [-0.3, -0.25) is 4.79 Å². The van der Waals surface area contributed by atoms with Crippen LogP contribution in [0.2, 0.25) is 15.1 Å². The second kappa shape index (κ2) is 10.6. The molecule has 2 heterocycles. The number of nitrogens with one attached hydrogen (secondary N) is 2. The Balaban J connectivity index is 1.48. The topological polar surface area (TPSA) is 71.8 Å². The van der Waals surface area contributed by atoms with Crippen molar-refractivity contribution in [2.75, 3.05) is 10.6 Å². The summed E-state index contributed by atoms with van der Waals surface area (Å²) in [6.45, 7) is 1.85. The second-order valence-electron chi connectivity index (χ2n) is 8.16. The van der Waals surface area contributed by atoms with Gasteiger partial charge in [-0.1, -0.05) is 70.8 Å². The number of anilines is 2. The van der Waals surface area contributed by atoms with Crippen molar-refractivity contribution in [1.29, 1.82) is 0 Å². The van der Waals surface area contributed by atoms with Gasteiger partial charge in [0.05, 0.1) is 5.57 Å². The number of carbonyl (C=O) groups is 1. The van der Waals surface area contributed by atoms with Crippen molar-refractivity contribution in [3.05, 3.63) is 110 Å². The molecule has 3 aromatic carbocycles. The van der Waals surface area contributed by atoms with Crippen LogP contribution >= 0.6 is 46.6 Å². The molecular formula is C26H20Cl3N5OS. The number of rotatable bonds is 6. The number of hydrogen-bond acceptors (Lipinski definition) is 5. The van der Waals surface area contributed by atoms with Crippen LogP contribution < -0.4 is 10.6 Å². The summed E-state index contributed by atoms with van der Waals surface area (Å²) in [5, 5.41) is 13.4. The number of amides is 1. The van der Waals surface area contributed by atoms with Crippen LogP contribution in [0.3, 0.4) is 0 Å². The maximum Gasteiger partial charge on any atom is 0.255 e. The van der Waals surface area contributed by atoms with E-state index in [9.17, 15) is 4.79 Å². The van der Waals surface area contributed by atoms with Gasteiger partial charge >= 0.3 is 0 Å². The van der Waals surface area contributed by atoms with Gasteiger partial charge < -0.3 is 10.6 Å². The first-order valence-electron chi connectivity index (χ1n) is 11.0. The van der Waals surface area contributed by atoms with Gasteiger partial charge in [-0.2, -0.15) is 4.98 Å². The third-order valence-corrected chi connectivity index (χ3v) is 7.23. The summed E-state index contributed by atoms with van der Waals surface area (Å²) in [6, 6.07) is 21.5. The Labute approximate surface area is 227 Å². The highest BCUT2D eigenvalue weighted by Gasteiger charge is 2.34. The third kappa shape index (κ3) is 5.39. The summed E-state index contributed by atoms with van der Waals surface area (Å²) in [6.07, 6.45) is 0. The van der Waals surface area contributed by atoms with Gasteiger partial charge in [-0.15, -0.1) is 5.10 Å². The minimum Gasteiger partial charge on any atom is -0.328 e. The molecule has 1 amide bonds. The van der Waals surface area contributed by atoms with Crippen molar-refractivity contribution in [2.24, 2.45) is 0 Å². The summed E-state index contributed by atoms with van der Waals surface area (Å²) >= 11 is 19.9. The van der Waals surface area contributed by atoms with Gasteiger partial charge in [0, 0.05) is 32.2 Å². The average Bonchev–Trinajstić information content (AvgIpc) is 3.25. The number of allylic oxidation sites excluding steroid dienone is 1. The van der Waals surface area contributed by atoms with E-state index in [2.05, 4.69) is 15.6 Å².